The summed E-state index contributed by atoms with van der Waals surface area (Å²) in [6.45, 7) is 2.99. The lowest BCUT2D eigenvalue weighted by atomic mass is 10.0. The van der Waals surface area contributed by atoms with Gasteiger partial charge in [-0.3, -0.25) is 9.97 Å². The van der Waals surface area contributed by atoms with Gasteiger partial charge in [-0.2, -0.15) is 0 Å². The van der Waals surface area contributed by atoms with Crippen LogP contribution in [-0.2, 0) is 6.42 Å². The number of likely N-dealkylation sites (N-methyl/N-ethyl adjacent to an activating group) is 1. The summed E-state index contributed by atoms with van der Waals surface area (Å²) in [5.41, 5.74) is 2.18. The van der Waals surface area contributed by atoms with E-state index in [4.69, 9.17) is 4.74 Å². The number of methoxy groups -OCH3 is 1. The molecule has 19 heavy (non-hydrogen) atoms. The topological polar surface area (TPSA) is 47.0 Å². The van der Waals surface area contributed by atoms with Crippen molar-refractivity contribution in [2.75, 3.05) is 13.7 Å². The summed E-state index contributed by atoms with van der Waals surface area (Å²) in [5, 5.41) is 3.44. The van der Waals surface area contributed by atoms with Gasteiger partial charge >= 0.3 is 0 Å². The fourth-order valence-corrected chi connectivity index (χ4v) is 2.05. The van der Waals surface area contributed by atoms with Crippen molar-refractivity contribution in [3.63, 3.8) is 0 Å². The maximum Gasteiger partial charge on any atom is 0.119 e. The molecule has 0 spiro atoms. The zero-order valence-electron chi connectivity index (χ0n) is 11.3. The Balaban J connectivity index is 2.16. The zero-order valence-corrected chi connectivity index (χ0v) is 11.3. The lowest BCUT2D eigenvalue weighted by molar-refractivity contribution is 0.413. The number of hydrogen-bond acceptors (Lipinski definition) is 4. The van der Waals surface area contributed by atoms with E-state index in [1.165, 1.54) is 5.56 Å². The second-order valence-corrected chi connectivity index (χ2v) is 4.30. The van der Waals surface area contributed by atoms with Crippen LogP contribution in [0.15, 0.2) is 42.9 Å². The van der Waals surface area contributed by atoms with Crippen LogP contribution in [-0.4, -0.2) is 23.6 Å². The summed E-state index contributed by atoms with van der Waals surface area (Å²) in [7, 11) is 1.68. The minimum Gasteiger partial charge on any atom is -0.497 e. The van der Waals surface area contributed by atoms with E-state index in [0.29, 0.717) is 0 Å². The Hall–Kier alpha value is -1.94. The van der Waals surface area contributed by atoms with E-state index in [2.05, 4.69) is 34.3 Å². The molecular formula is C15H19N3O. The number of ether oxygens (including phenoxy) is 1. The maximum atomic E-state index is 5.25. The van der Waals surface area contributed by atoms with Gasteiger partial charge in [-0.15, -0.1) is 0 Å². The zero-order chi connectivity index (χ0) is 13.5. The van der Waals surface area contributed by atoms with Crippen LogP contribution >= 0.6 is 0 Å². The highest BCUT2D eigenvalue weighted by Gasteiger charge is 2.12. The van der Waals surface area contributed by atoms with Crippen molar-refractivity contribution in [2.45, 2.75) is 19.4 Å². The fourth-order valence-electron chi connectivity index (χ4n) is 2.05. The molecular weight excluding hydrogens is 238 g/mol. The van der Waals surface area contributed by atoms with E-state index in [9.17, 15) is 0 Å². The summed E-state index contributed by atoms with van der Waals surface area (Å²) in [6.07, 6.45) is 6.10. The molecule has 1 aromatic heterocycles. The Morgan fingerprint density at radius 1 is 1.32 bits per heavy atom. The molecule has 0 aliphatic rings. The van der Waals surface area contributed by atoms with Crippen molar-refractivity contribution >= 4 is 0 Å². The normalized spacial score (nSPS) is 12.1. The van der Waals surface area contributed by atoms with Gasteiger partial charge in [0.1, 0.15) is 5.75 Å². The molecule has 0 fully saturated rings. The molecule has 1 aromatic carbocycles. The van der Waals surface area contributed by atoms with E-state index in [-0.39, 0.29) is 6.04 Å². The third-order valence-electron chi connectivity index (χ3n) is 2.96. The monoisotopic (exact) mass is 257 g/mol. The van der Waals surface area contributed by atoms with Crippen molar-refractivity contribution in [2.24, 2.45) is 0 Å². The standard InChI is InChI=1S/C15H19N3O/c1-3-17-14(15-11-16-7-8-18-15)10-12-5-4-6-13(9-12)19-2/h4-9,11,14,17H,3,10H2,1-2H3. The molecule has 4 nitrogen and oxygen atoms in total. The molecule has 1 N–H and O–H groups in total. The molecule has 2 aromatic rings. The predicted molar refractivity (Wildman–Crippen MR) is 75.1 cm³/mol. The highest BCUT2D eigenvalue weighted by atomic mass is 16.5. The molecule has 100 valence electrons. The van der Waals surface area contributed by atoms with Crippen LogP contribution in [0.4, 0.5) is 0 Å². The van der Waals surface area contributed by atoms with Gasteiger partial charge in [-0.25, -0.2) is 0 Å². The van der Waals surface area contributed by atoms with E-state index in [0.717, 1.165) is 24.4 Å². The third kappa shape index (κ3) is 3.76. The van der Waals surface area contributed by atoms with Crippen LogP contribution < -0.4 is 10.1 Å². The van der Waals surface area contributed by atoms with Crippen LogP contribution in [0.2, 0.25) is 0 Å². The van der Waals surface area contributed by atoms with E-state index in [1.807, 2.05) is 18.3 Å². The van der Waals surface area contributed by atoms with E-state index in [1.54, 1.807) is 19.5 Å². The molecule has 1 atom stereocenters. The summed E-state index contributed by atoms with van der Waals surface area (Å²) in [4.78, 5) is 8.52. The Morgan fingerprint density at radius 3 is 2.89 bits per heavy atom. The summed E-state index contributed by atoms with van der Waals surface area (Å²) >= 11 is 0. The summed E-state index contributed by atoms with van der Waals surface area (Å²) < 4.78 is 5.25. The SMILES string of the molecule is CCNC(Cc1cccc(OC)c1)c1cnccn1. The number of rotatable bonds is 6. The van der Waals surface area contributed by atoms with Crippen molar-refractivity contribution in [3.8, 4) is 5.75 Å². The van der Waals surface area contributed by atoms with Gasteiger partial charge in [0.15, 0.2) is 0 Å². The molecule has 1 heterocycles. The van der Waals surface area contributed by atoms with Crippen LogP contribution in [0.25, 0.3) is 0 Å². The first-order chi connectivity index (χ1) is 9.33. The van der Waals surface area contributed by atoms with Gasteiger partial charge in [0, 0.05) is 18.6 Å². The molecule has 0 aliphatic carbocycles. The van der Waals surface area contributed by atoms with Gasteiger partial charge in [0.2, 0.25) is 0 Å². The average Bonchev–Trinajstić information content (AvgIpc) is 2.48. The van der Waals surface area contributed by atoms with Gasteiger partial charge in [-0.1, -0.05) is 19.1 Å². The molecule has 0 radical (unpaired) electrons. The van der Waals surface area contributed by atoms with Crippen molar-refractivity contribution in [1.29, 1.82) is 0 Å². The first-order valence-electron chi connectivity index (χ1n) is 6.45. The van der Waals surface area contributed by atoms with E-state index < -0.39 is 0 Å². The lowest BCUT2D eigenvalue weighted by Gasteiger charge is -2.17. The lowest BCUT2D eigenvalue weighted by Crippen LogP contribution is -2.24. The highest BCUT2D eigenvalue weighted by molar-refractivity contribution is 5.29. The smallest absolute Gasteiger partial charge is 0.119 e. The Labute approximate surface area is 113 Å². The number of aromatic nitrogens is 2. The van der Waals surface area contributed by atoms with E-state index >= 15 is 0 Å². The van der Waals surface area contributed by atoms with Gasteiger partial charge in [0.05, 0.1) is 18.8 Å². The molecule has 0 aliphatic heterocycles. The predicted octanol–water partition coefficient (Wildman–Crippen LogP) is 2.38. The number of hydrogen-bond donors (Lipinski definition) is 1. The second-order valence-electron chi connectivity index (χ2n) is 4.30. The van der Waals surface area contributed by atoms with Gasteiger partial charge in [0.25, 0.3) is 0 Å². The Morgan fingerprint density at radius 2 is 2.21 bits per heavy atom. The van der Waals surface area contributed by atoms with Crippen LogP contribution in [0, 0.1) is 0 Å². The van der Waals surface area contributed by atoms with Gasteiger partial charge < -0.3 is 10.1 Å². The summed E-state index contributed by atoms with van der Waals surface area (Å²) in [6, 6.07) is 8.29. The molecule has 2 rings (SSSR count). The van der Waals surface area contributed by atoms with Crippen molar-refractivity contribution < 1.29 is 4.74 Å². The van der Waals surface area contributed by atoms with Gasteiger partial charge in [-0.05, 0) is 30.7 Å². The third-order valence-corrected chi connectivity index (χ3v) is 2.96. The minimum absolute atomic E-state index is 0.172. The summed E-state index contributed by atoms with van der Waals surface area (Å²) in [5.74, 6) is 0.881. The molecule has 0 bridgehead atoms. The number of benzene rings is 1. The molecule has 0 amide bonds. The highest BCUT2D eigenvalue weighted by Crippen LogP contribution is 2.19. The molecule has 0 saturated carbocycles. The second kappa shape index (κ2) is 6.85. The average molecular weight is 257 g/mol. The van der Waals surface area contributed by atoms with Crippen molar-refractivity contribution in [1.82, 2.24) is 15.3 Å². The largest absolute Gasteiger partial charge is 0.497 e. The minimum atomic E-state index is 0.172. The number of nitrogens with zero attached hydrogens (tertiary/aromatic N) is 2. The van der Waals surface area contributed by atoms with Crippen LogP contribution in [0.5, 0.6) is 5.75 Å². The molecule has 4 heteroatoms. The molecule has 1 unspecified atom stereocenters. The maximum absolute atomic E-state index is 5.25. The first-order valence-corrected chi connectivity index (χ1v) is 6.45. The van der Waals surface area contributed by atoms with Crippen molar-refractivity contribution in [3.05, 3.63) is 54.1 Å². The first kappa shape index (κ1) is 13.5. The fraction of sp³-hybridized carbons (Fsp3) is 0.333. The van der Waals surface area contributed by atoms with Crippen LogP contribution in [0.3, 0.4) is 0 Å². The Kier molecular flexibility index (Phi) is 4.86. The molecule has 0 saturated heterocycles. The number of nitrogens with one attached hydrogen (secondary N) is 1. The Bertz CT molecular complexity index is 502. The van der Waals surface area contributed by atoms with Crippen LogP contribution in [0.1, 0.15) is 24.2 Å². The quantitative estimate of drug-likeness (QED) is 0.863.